The second-order valence-corrected chi connectivity index (χ2v) is 7.99. The van der Waals surface area contributed by atoms with E-state index in [4.69, 9.17) is 4.74 Å². The molecule has 0 heterocycles. The van der Waals surface area contributed by atoms with Crippen LogP contribution in [0, 0.1) is 5.82 Å². The average molecular weight is 399 g/mol. The Morgan fingerprint density at radius 3 is 2.18 bits per heavy atom. The Morgan fingerprint density at radius 1 is 0.929 bits per heavy atom. The number of anilines is 1. The number of nitrogens with zero attached hydrogens (tertiary/aromatic N) is 1. The third kappa shape index (κ3) is 4.37. The number of hydrogen-bond acceptors (Lipinski definition) is 4. The Hall–Kier alpha value is -3.19. The number of carbonyl (C=O) groups excluding carboxylic acids is 1. The molecule has 0 aliphatic heterocycles. The van der Waals surface area contributed by atoms with E-state index in [-0.39, 0.29) is 22.6 Å². The first-order valence-electron chi connectivity index (χ1n) is 8.46. The van der Waals surface area contributed by atoms with Crippen molar-refractivity contribution in [2.24, 2.45) is 0 Å². The molecule has 7 heteroatoms. The van der Waals surface area contributed by atoms with Crippen molar-refractivity contribution < 1.29 is 22.3 Å². The predicted molar refractivity (Wildman–Crippen MR) is 104 cm³/mol. The van der Waals surface area contributed by atoms with Gasteiger partial charge in [0, 0.05) is 7.05 Å². The highest BCUT2D eigenvalue weighted by Gasteiger charge is 2.21. The molecule has 144 valence electrons. The molecule has 0 saturated carbocycles. The van der Waals surface area contributed by atoms with Crippen molar-refractivity contribution in [2.75, 3.05) is 11.4 Å². The molecule has 0 aliphatic rings. The van der Waals surface area contributed by atoms with Crippen LogP contribution < -0.4 is 9.04 Å². The van der Waals surface area contributed by atoms with E-state index in [1.54, 1.807) is 30.3 Å². The molecule has 0 spiro atoms. The highest BCUT2D eigenvalue weighted by atomic mass is 32.2. The van der Waals surface area contributed by atoms with Crippen LogP contribution in [0.4, 0.5) is 10.1 Å². The van der Waals surface area contributed by atoms with Gasteiger partial charge in [0.1, 0.15) is 11.6 Å². The molecule has 3 aromatic rings. The van der Waals surface area contributed by atoms with Gasteiger partial charge in [0.25, 0.3) is 10.0 Å². The lowest BCUT2D eigenvalue weighted by Crippen LogP contribution is -2.26. The van der Waals surface area contributed by atoms with E-state index in [9.17, 15) is 17.6 Å². The minimum Gasteiger partial charge on any atom is -0.426 e. The van der Waals surface area contributed by atoms with Gasteiger partial charge in [0.15, 0.2) is 0 Å². The van der Waals surface area contributed by atoms with Crippen LogP contribution in [0.2, 0.25) is 0 Å². The van der Waals surface area contributed by atoms with Gasteiger partial charge in [-0.05, 0) is 48.0 Å². The summed E-state index contributed by atoms with van der Waals surface area (Å²) in [6.07, 6.45) is -0.198. The van der Waals surface area contributed by atoms with Crippen LogP contribution in [0.5, 0.6) is 5.75 Å². The number of carbonyl (C=O) groups is 1. The van der Waals surface area contributed by atoms with Gasteiger partial charge in [0.2, 0.25) is 0 Å². The molecule has 0 unspecified atom stereocenters. The van der Waals surface area contributed by atoms with Crippen LogP contribution in [0.15, 0.2) is 83.8 Å². The van der Waals surface area contributed by atoms with Crippen LogP contribution in [0.1, 0.15) is 5.56 Å². The van der Waals surface area contributed by atoms with Crippen LogP contribution >= 0.6 is 0 Å². The maximum Gasteiger partial charge on any atom is 0.315 e. The van der Waals surface area contributed by atoms with Crippen LogP contribution in [0.3, 0.4) is 0 Å². The van der Waals surface area contributed by atoms with Crippen molar-refractivity contribution in [1.29, 1.82) is 0 Å². The lowest BCUT2D eigenvalue weighted by atomic mass is 10.1. The molecule has 0 aliphatic carbocycles. The number of benzene rings is 3. The lowest BCUT2D eigenvalue weighted by Gasteiger charge is -2.19. The molecule has 5 nitrogen and oxygen atoms in total. The smallest absolute Gasteiger partial charge is 0.315 e. The molecule has 0 saturated heterocycles. The van der Waals surface area contributed by atoms with Gasteiger partial charge in [-0.15, -0.1) is 0 Å². The van der Waals surface area contributed by atoms with Crippen molar-refractivity contribution in [2.45, 2.75) is 11.3 Å². The van der Waals surface area contributed by atoms with Gasteiger partial charge in [-0.2, -0.15) is 0 Å². The zero-order valence-electron chi connectivity index (χ0n) is 15.1. The molecule has 0 fully saturated rings. The topological polar surface area (TPSA) is 63.7 Å². The van der Waals surface area contributed by atoms with Gasteiger partial charge in [-0.1, -0.05) is 36.4 Å². The highest BCUT2D eigenvalue weighted by molar-refractivity contribution is 7.92. The minimum atomic E-state index is -3.69. The standard InChI is InChI=1S/C21H18FNO4S/c1-23(28(25,26)19-8-3-2-4-9-19)17-11-13-18(14-12-17)27-21(24)15-16-7-5-6-10-20(16)22/h2-14H,15H2,1H3. The van der Waals surface area contributed by atoms with Gasteiger partial charge in [0.05, 0.1) is 17.0 Å². The first kappa shape index (κ1) is 19.6. The van der Waals surface area contributed by atoms with E-state index in [0.717, 1.165) is 4.31 Å². The summed E-state index contributed by atoms with van der Waals surface area (Å²) in [5.41, 5.74) is 0.663. The number of hydrogen-bond donors (Lipinski definition) is 0. The van der Waals surface area contributed by atoms with Gasteiger partial charge < -0.3 is 4.74 Å². The number of esters is 1. The molecule has 0 amide bonds. The Labute approximate surface area is 163 Å². The first-order valence-corrected chi connectivity index (χ1v) is 9.90. The number of sulfonamides is 1. The van der Waals surface area contributed by atoms with Crippen LogP contribution in [-0.2, 0) is 21.2 Å². The average Bonchev–Trinajstić information content (AvgIpc) is 2.70. The second-order valence-electron chi connectivity index (χ2n) is 6.02. The Bertz CT molecular complexity index is 1070. The molecule has 0 bridgehead atoms. The normalized spacial score (nSPS) is 11.1. The molecule has 0 atom stereocenters. The zero-order valence-corrected chi connectivity index (χ0v) is 15.9. The fourth-order valence-electron chi connectivity index (χ4n) is 2.58. The van der Waals surface area contributed by atoms with Crippen molar-refractivity contribution in [3.05, 3.63) is 90.2 Å². The number of rotatable bonds is 6. The molecule has 28 heavy (non-hydrogen) atoms. The summed E-state index contributed by atoms with van der Waals surface area (Å²) in [5.74, 6) is -0.832. The summed E-state index contributed by atoms with van der Waals surface area (Å²) in [4.78, 5) is 12.2. The molecular weight excluding hydrogens is 381 g/mol. The van der Waals surface area contributed by atoms with E-state index >= 15 is 0 Å². The maximum absolute atomic E-state index is 13.6. The predicted octanol–water partition coefficient (Wildman–Crippen LogP) is 3.80. The maximum atomic E-state index is 13.6. The largest absolute Gasteiger partial charge is 0.426 e. The minimum absolute atomic E-state index is 0.179. The third-order valence-corrected chi connectivity index (χ3v) is 5.93. The summed E-state index contributed by atoms with van der Waals surface area (Å²) < 4.78 is 45.2. The summed E-state index contributed by atoms with van der Waals surface area (Å²) in [6, 6.07) is 20.1. The van der Waals surface area contributed by atoms with E-state index in [2.05, 4.69) is 0 Å². The summed E-state index contributed by atoms with van der Waals surface area (Å²) in [5, 5.41) is 0. The second kappa shape index (κ2) is 8.22. The number of ether oxygens (including phenoxy) is 1. The molecule has 0 radical (unpaired) electrons. The molecule has 3 aromatic carbocycles. The third-order valence-electron chi connectivity index (χ3n) is 4.13. The number of halogens is 1. The summed E-state index contributed by atoms with van der Waals surface area (Å²) in [7, 11) is -2.24. The van der Waals surface area contributed by atoms with E-state index < -0.39 is 21.8 Å². The Kier molecular flexibility index (Phi) is 5.75. The van der Waals surface area contributed by atoms with E-state index in [1.807, 2.05) is 0 Å². The van der Waals surface area contributed by atoms with Crippen LogP contribution in [0.25, 0.3) is 0 Å². The highest BCUT2D eigenvalue weighted by Crippen LogP contribution is 2.24. The fourth-order valence-corrected chi connectivity index (χ4v) is 3.79. The van der Waals surface area contributed by atoms with Gasteiger partial charge in [-0.3, -0.25) is 9.10 Å². The van der Waals surface area contributed by atoms with E-state index in [1.165, 1.54) is 55.6 Å². The van der Waals surface area contributed by atoms with Crippen molar-refractivity contribution in [1.82, 2.24) is 0 Å². The molecule has 0 N–H and O–H groups in total. The Balaban J connectivity index is 1.69. The van der Waals surface area contributed by atoms with Crippen LogP contribution in [-0.4, -0.2) is 21.4 Å². The quantitative estimate of drug-likeness (QED) is 0.467. The van der Waals surface area contributed by atoms with Crippen molar-refractivity contribution >= 4 is 21.7 Å². The lowest BCUT2D eigenvalue weighted by molar-refractivity contribution is -0.133. The molecule has 0 aromatic heterocycles. The molecular formula is C21H18FNO4S. The van der Waals surface area contributed by atoms with E-state index in [0.29, 0.717) is 5.69 Å². The Morgan fingerprint density at radius 2 is 1.54 bits per heavy atom. The first-order chi connectivity index (χ1) is 13.4. The molecule has 3 rings (SSSR count). The van der Waals surface area contributed by atoms with Gasteiger partial charge in [-0.25, -0.2) is 12.8 Å². The van der Waals surface area contributed by atoms with Crippen molar-refractivity contribution in [3.63, 3.8) is 0 Å². The summed E-state index contributed by atoms with van der Waals surface area (Å²) in [6.45, 7) is 0. The monoisotopic (exact) mass is 399 g/mol. The van der Waals surface area contributed by atoms with Gasteiger partial charge >= 0.3 is 5.97 Å². The SMILES string of the molecule is CN(c1ccc(OC(=O)Cc2ccccc2F)cc1)S(=O)(=O)c1ccccc1. The zero-order chi connectivity index (χ0) is 20.1. The van der Waals surface area contributed by atoms with Crippen molar-refractivity contribution in [3.8, 4) is 5.75 Å². The summed E-state index contributed by atoms with van der Waals surface area (Å²) >= 11 is 0. The fraction of sp³-hybridized carbons (Fsp3) is 0.0952.